The van der Waals surface area contributed by atoms with Crippen LogP contribution in [0.25, 0.3) is 0 Å². The van der Waals surface area contributed by atoms with Crippen LogP contribution in [-0.2, 0) is 0 Å². The fourth-order valence-corrected chi connectivity index (χ4v) is 1.42. The summed E-state index contributed by atoms with van der Waals surface area (Å²) in [7, 11) is 0. The van der Waals surface area contributed by atoms with E-state index in [1.54, 1.807) is 0 Å². The van der Waals surface area contributed by atoms with E-state index in [1.165, 1.54) is 6.92 Å². The molecule has 1 atom stereocenters. The Morgan fingerprint density at radius 2 is 1.35 bits per heavy atom. The molecule has 0 spiro atoms. The predicted molar refractivity (Wildman–Crippen MR) is 46.1 cm³/mol. The number of rotatable bonds is 5. The van der Waals surface area contributed by atoms with E-state index in [1.807, 2.05) is 0 Å². The van der Waals surface area contributed by atoms with Gasteiger partial charge < -0.3 is 5.11 Å². The van der Waals surface area contributed by atoms with E-state index < -0.39 is 30.0 Å². The monoisotopic (exact) mass is 270 g/mol. The van der Waals surface area contributed by atoms with Gasteiger partial charge in [0.2, 0.25) is 0 Å². The van der Waals surface area contributed by atoms with E-state index in [4.69, 9.17) is 0 Å². The largest absolute Gasteiger partial charge is 0.459 e. The first kappa shape index (κ1) is 16.5. The van der Waals surface area contributed by atoms with Gasteiger partial charge in [-0.3, -0.25) is 0 Å². The average Bonchev–Trinajstić information content (AvgIpc) is 1.98. The summed E-state index contributed by atoms with van der Waals surface area (Å²) < 4.78 is 86.1. The topological polar surface area (TPSA) is 20.2 Å². The molecule has 0 saturated heterocycles. The molecule has 1 N–H and O–H groups in total. The van der Waals surface area contributed by atoms with Gasteiger partial charge in [0.25, 0.3) is 0 Å². The Hall–Kier alpha value is -0.530. The van der Waals surface area contributed by atoms with Crippen LogP contribution >= 0.6 is 0 Å². The van der Waals surface area contributed by atoms with E-state index in [2.05, 4.69) is 0 Å². The van der Waals surface area contributed by atoms with Gasteiger partial charge >= 0.3 is 18.0 Å². The molecule has 0 aromatic rings. The third-order valence-electron chi connectivity index (χ3n) is 2.21. The van der Waals surface area contributed by atoms with Crippen molar-refractivity contribution in [2.75, 3.05) is 0 Å². The molecule has 0 aromatic heterocycles. The summed E-state index contributed by atoms with van der Waals surface area (Å²) in [5, 5.41) is 9.30. The van der Waals surface area contributed by atoms with Crippen LogP contribution in [0.1, 0.15) is 33.1 Å². The predicted octanol–water partition coefficient (Wildman–Crippen LogP) is 3.76. The molecule has 0 fully saturated rings. The van der Waals surface area contributed by atoms with Crippen molar-refractivity contribution in [1.82, 2.24) is 0 Å². The molecule has 0 aromatic carbocycles. The number of hydrogen-bond donors (Lipinski definition) is 1. The summed E-state index contributed by atoms with van der Waals surface area (Å²) in [6, 6.07) is 0. The first-order chi connectivity index (χ1) is 7.27. The second-order valence-corrected chi connectivity index (χ2v) is 4.20. The molecule has 0 radical (unpaired) electrons. The van der Waals surface area contributed by atoms with Gasteiger partial charge in [0.05, 0.1) is 5.60 Å². The zero-order chi connectivity index (χ0) is 14.1. The fraction of sp³-hybridized carbons (Fsp3) is 1.00. The summed E-state index contributed by atoms with van der Waals surface area (Å²) in [5.41, 5.74) is -2.27. The van der Waals surface area contributed by atoms with E-state index in [0.29, 0.717) is 0 Å². The molecule has 0 aliphatic heterocycles. The van der Waals surface area contributed by atoms with Crippen LogP contribution in [0, 0.1) is 0 Å². The standard InChI is InChI=1S/C9H13F7O/c1-3-4-6(2,17)5-7(10,11)8(12,13)9(14,15)16/h17H,3-5H2,1-2H3. The number of hydrogen-bond acceptors (Lipinski definition) is 1. The number of halogens is 7. The Morgan fingerprint density at radius 3 is 1.65 bits per heavy atom. The van der Waals surface area contributed by atoms with Gasteiger partial charge in [-0.1, -0.05) is 13.3 Å². The maximum absolute atomic E-state index is 12.9. The maximum atomic E-state index is 12.9. The smallest absolute Gasteiger partial charge is 0.390 e. The highest BCUT2D eigenvalue weighted by atomic mass is 19.4. The minimum absolute atomic E-state index is 0.181. The Labute approximate surface area is 93.6 Å². The van der Waals surface area contributed by atoms with Crippen molar-refractivity contribution in [3.8, 4) is 0 Å². The molecular weight excluding hydrogens is 257 g/mol. The normalized spacial score (nSPS) is 18.0. The molecule has 0 aliphatic rings. The van der Waals surface area contributed by atoms with Gasteiger partial charge in [-0.25, -0.2) is 0 Å². The molecule has 0 heterocycles. The lowest BCUT2D eigenvalue weighted by molar-refractivity contribution is -0.361. The van der Waals surface area contributed by atoms with Crippen molar-refractivity contribution in [3.05, 3.63) is 0 Å². The van der Waals surface area contributed by atoms with Gasteiger partial charge in [-0.2, -0.15) is 30.7 Å². The van der Waals surface area contributed by atoms with Crippen molar-refractivity contribution in [2.45, 2.75) is 56.7 Å². The molecule has 0 saturated carbocycles. The van der Waals surface area contributed by atoms with Gasteiger partial charge in [0.15, 0.2) is 0 Å². The Balaban J connectivity index is 5.03. The summed E-state index contributed by atoms with van der Waals surface area (Å²) >= 11 is 0. The SMILES string of the molecule is CCCC(C)(O)CC(F)(F)C(F)(F)C(F)(F)F. The summed E-state index contributed by atoms with van der Waals surface area (Å²) in [6.07, 6.45) is -8.41. The van der Waals surface area contributed by atoms with Crippen LogP contribution in [0.15, 0.2) is 0 Å². The molecule has 1 nitrogen and oxygen atoms in total. The van der Waals surface area contributed by atoms with Crippen LogP contribution in [0.2, 0.25) is 0 Å². The molecular formula is C9H13F7O. The van der Waals surface area contributed by atoms with Crippen LogP contribution in [0.3, 0.4) is 0 Å². The van der Waals surface area contributed by atoms with E-state index >= 15 is 0 Å². The lowest BCUT2D eigenvalue weighted by atomic mass is 9.90. The molecule has 17 heavy (non-hydrogen) atoms. The van der Waals surface area contributed by atoms with Gasteiger partial charge in [-0.05, 0) is 13.3 Å². The zero-order valence-corrected chi connectivity index (χ0v) is 9.21. The van der Waals surface area contributed by atoms with Crippen molar-refractivity contribution in [1.29, 1.82) is 0 Å². The van der Waals surface area contributed by atoms with Crippen molar-refractivity contribution in [2.24, 2.45) is 0 Å². The first-order valence-corrected chi connectivity index (χ1v) is 4.81. The van der Waals surface area contributed by atoms with Crippen LogP contribution < -0.4 is 0 Å². The second kappa shape index (κ2) is 4.62. The van der Waals surface area contributed by atoms with E-state index in [-0.39, 0.29) is 12.8 Å². The Morgan fingerprint density at radius 1 is 0.941 bits per heavy atom. The van der Waals surface area contributed by atoms with Crippen LogP contribution in [0.5, 0.6) is 0 Å². The quantitative estimate of drug-likeness (QED) is 0.754. The molecule has 0 amide bonds. The van der Waals surface area contributed by atoms with Crippen LogP contribution in [-0.4, -0.2) is 28.7 Å². The van der Waals surface area contributed by atoms with Crippen molar-refractivity contribution < 1.29 is 35.8 Å². The van der Waals surface area contributed by atoms with E-state index in [9.17, 15) is 35.8 Å². The highest BCUT2D eigenvalue weighted by Crippen LogP contribution is 2.49. The molecule has 1 unspecified atom stereocenters. The summed E-state index contributed by atoms with van der Waals surface area (Å²) in [4.78, 5) is 0. The fourth-order valence-electron chi connectivity index (χ4n) is 1.42. The molecule has 0 bridgehead atoms. The van der Waals surface area contributed by atoms with Gasteiger partial charge in [0, 0.05) is 6.42 Å². The average molecular weight is 270 g/mol. The van der Waals surface area contributed by atoms with Crippen LogP contribution in [0.4, 0.5) is 30.7 Å². The van der Waals surface area contributed by atoms with E-state index in [0.717, 1.165) is 6.92 Å². The zero-order valence-electron chi connectivity index (χ0n) is 9.21. The third kappa shape index (κ3) is 3.72. The minimum atomic E-state index is -6.35. The van der Waals surface area contributed by atoms with Gasteiger partial charge in [-0.15, -0.1) is 0 Å². The summed E-state index contributed by atoms with van der Waals surface area (Å²) in [6.45, 7) is 2.28. The Kier molecular flexibility index (Phi) is 4.48. The highest BCUT2D eigenvalue weighted by molar-refractivity contribution is 4.95. The molecule has 104 valence electrons. The highest BCUT2D eigenvalue weighted by Gasteiger charge is 2.73. The Bertz CT molecular complexity index is 257. The lowest BCUT2D eigenvalue weighted by Crippen LogP contribution is -2.54. The first-order valence-electron chi connectivity index (χ1n) is 4.81. The minimum Gasteiger partial charge on any atom is -0.390 e. The summed E-state index contributed by atoms with van der Waals surface area (Å²) in [5.74, 6) is -11.5. The van der Waals surface area contributed by atoms with Crippen molar-refractivity contribution in [3.63, 3.8) is 0 Å². The van der Waals surface area contributed by atoms with Crippen molar-refractivity contribution >= 4 is 0 Å². The maximum Gasteiger partial charge on any atom is 0.459 e. The molecule has 8 heteroatoms. The van der Waals surface area contributed by atoms with Gasteiger partial charge in [0.1, 0.15) is 0 Å². The lowest BCUT2D eigenvalue weighted by Gasteiger charge is -2.33. The molecule has 0 rings (SSSR count). The second-order valence-electron chi connectivity index (χ2n) is 4.20. The number of alkyl halides is 7. The number of aliphatic hydroxyl groups is 1. The third-order valence-corrected chi connectivity index (χ3v) is 2.21. The molecule has 0 aliphatic carbocycles.